The largest absolute Gasteiger partial charge is 0.590 e. The molecule has 11 heavy (non-hydrogen) atoms. The van der Waals surface area contributed by atoms with E-state index >= 15 is 0 Å². The molecule has 0 saturated heterocycles. The molecular formula is C6H15N3O2. The Kier molecular flexibility index (Phi) is 5.77. The smallest absolute Gasteiger partial charge is 0.110 e. The van der Waals surface area contributed by atoms with Gasteiger partial charge in [0, 0.05) is 18.7 Å². The minimum Gasteiger partial charge on any atom is -0.590 e. The SMILES string of the molecule is C=CON[NH+]([O-])N(CC)CC. The van der Waals surface area contributed by atoms with Gasteiger partial charge in [0.25, 0.3) is 0 Å². The van der Waals surface area contributed by atoms with Crippen molar-refractivity contribution in [3.8, 4) is 0 Å². The molecule has 0 bridgehead atoms. The number of hydrogen-bond donors (Lipinski definition) is 2. The van der Waals surface area contributed by atoms with E-state index in [0.29, 0.717) is 13.1 Å². The quantitative estimate of drug-likeness (QED) is 0.396. The van der Waals surface area contributed by atoms with Crippen LogP contribution in [0, 0.1) is 5.21 Å². The molecule has 0 spiro atoms. The molecule has 0 heterocycles. The predicted octanol–water partition coefficient (Wildman–Crippen LogP) is -0.794. The Morgan fingerprint density at radius 3 is 2.55 bits per heavy atom. The predicted molar refractivity (Wildman–Crippen MR) is 41.7 cm³/mol. The molecule has 0 radical (unpaired) electrons. The average molecular weight is 161 g/mol. The maximum Gasteiger partial charge on any atom is 0.110 e. The molecule has 0 amide bonds. The first-order valence-corrected chi connectivity index (χ1v) is 3.57. The van der Waals surface area contributed by atoms with Gasteiger partial charge in [-0.2, -0.15) is 5.28 Å². The summed E-state index contributed by atoms with van der Waals surface area (Å²) >= 11 is 0. The third kappa shape index (κ3) is 3.94. The van der Waals surface area contributed by atoms with Gasteiger partial charge in [-0.1, -0.05) is 6.58 Å². The third-order valence-corrected chi connectivity index (χ3v) is 1.28. The molecular weight excluding hydrogens is 146 g/mol. The van der Waals surface area contributed by atoms with Crippen LogP contribution in [0.1, 0.15) is 13.8 Å². The molecule has 1 unspecified atom stereocenters. The van der Waals surface area contributed by atoms with E-state index < -0.39 is 0 Å². The second-order valence-electron chi connectivity index (χ2n) is 1.86. The van der Waals surface area contributed by atoms with Crippen molar-refractivity contribution in [1.29, 1.82) is 0 Å². The van der Waals surface area contributed by atoms with Crippen molar-refractivity contribution in [3.63, 3.8) is 0 Å². The van der Waals surface area contributed by atoms with Crippen molar-refractivity contribution in [2.75, 3.05) is 13.1 Å². The zero-order valence-corrected chi connectivity index (χ0v) is 6.96. The topological polar surface area (TPSA) is 52.0 Å². The molecule has 0 fully saturated rings. The highest BCUT2D eigenvalue weighted by Gasteiger charge is 2.05. The van der Waals surface area contributed by atoms with Gasteiger partial charge in [-0.25, -0.2) is 0 Å². The summed E-state index contributed by atoms with van der Waals surface area (Å²) in [6.45, 7) is 8.43. The van der Waals surface area contributed by atoms with Crippen molar-refractivity contribution in [2.24, 2.45) is 0 Å². The fourth-order valence-electron chi connectivity index (χ4n) is 0.667. The highest BCUT2D eigenvalue weighted by atomic mass is 16.8. The molecule has 5 nitrogen and oxygen atoms in total. The fraction of sp³-hybridized carbons (Fsp3) is 0.667. The van der Waals surface area contributed by atoms with E-state index in [2.05, 4.69) is 17.0 Å². The van der Waals surface area contributed by atoms with Crippen LogP contribution in [0.15, 0.2) is 12.8 Å². The van der Waals surface area contributed by atoms with E-state index in [1.54, 1.807) is 5.01 Å². The highest BCUT2D eigenvalue weighted by molar-refractivity contribution is 4.42. The Bertz CT molecular complexity index is 106. The molecule has 0 aliphatic heterocycles. The molecule has 1 atom stereocenters. The zero-order valence-electron chi connectivity index (χ0n) is 6.96. The summed E-state index contributed by atoms with van der Waals surface area (Å²) in [4.78, 5) is 4.50. The first-order valence-electron chi connectivity index (χ1n) is 3.57. The van der Waals surface area contributed by atoms with Gasteiger partial charge >= 0.3 is 0 Å². The van der Waals surface area contributed by atoms with Gasteiger partial charge < -0.3 is 10.0 Å². The van der Waals surface area contributed by atoms with Crippen LogP contribution in [-0.4, -0.2) is 18.1 Å². The summed E-state index contributed by atoms with van der Waals surface area (Å²) in [5.41, 5.74) is 2.20. The first kappa shape index (κ1) is 10.4. The summed E-state index contributed by atoms with van der Waals surface area (Å²) in [7, 11) is 0. The van der Waals surface area contributed by atoms with Gasteiger partial charge in [-0.15, -0.1) is 5.01 Å². The van der Waals surface area contributed by atoms with Gasteiger partial charge in [-0.05, 0) is 13.8 Å². The van der Waals surface area contributed by atoms with E-state index in [4.69, 9.17) is 0 Å². The Balaban J connectivity index is 3.59. The molecule has 0 aromatic carbocycles. The van der Waals surface area contributed by atoms with Crippen LogP contribution >= 0.6 is 0 Å². The van der Waals surface area contributed by atoms with Crippen molar-refractivity contribution >= 4 is 0 Å². The maximum atomic E-state index is 11.0. The molecule has 0 aliphatic rings. The number of nitrogens with zero attached hydrogens (tertiary/aromatic N) is 1. The van der Waals surface area contributed by atoms with Crippen molar-refractivity contribution in [3.05, 3.63) is 18.0 Å². The fourth-order valence-corrected chi connectivity index (χ4v) is 0.667. The lowest BCUT2D eigenvalue weighted by Crippen LogP contribution is -3.20. The first-order chi connectivity index (χ1) is 5.26. The van der Waals surface area contributed by atoms with Crippen LogP contribution in [0.3, 0.4) is 0 Å². The molecule has 0 rings (SSSR count). The second-order valence-corrected chi connectivity index (χ2v) is 1.86. The van der Waals surface area contributed by atoms with Crippen LogP contribution in [-0.2, 0) is 4.84 Å². The summed E-state index contributed by atoms with van der Waals surface area (Å²) in [6.07, 6.45) is 1.17. The maximum absolute atomic E-state index is 11.0. The zero-order chi connectivity index (χ0) is 8.69. The van der Waals surface area contributed by atoms with Gasteiger partial charge in [-0.3, -0.25) is 0 Å². The summed E-state index contributed by atoms with van der Waals surface area (Å²) in [5, 5.41) is 12.4. The van der Waals surface area contributed by atoms with Crippen LogP contribution in [0.5, 0.6) is 0 Å². The molecule has 0 saturated carbocycles. The lowest BCUT2D eigenvalue weighted by molar-refractivity contribution is -1.03. The highest BCUT2D eigenvalue weighted by Crippen LogP contribution is 1.71. The van der Waals surface area contributed by atoms with Gasteiger partial charge in [0.05, 0.1) is 0 Å². The minimum atomic E-state index is -0.241. The lowest BCUT2D eigenvalue weighted by atomic mass is 10.6. The third-order valence-electron chi connectivity index (χ3n) is 1.28. The number of quaternary nitrogens is 1. The molecule has 66 valence electrons. The standard InChI is InChI=1S/C6H15N3O2/c1-4-8(5-2)9(10)7-11-6-3/h6-7,9H,3-5H2,1-2H3. The van der Waals surface area contributed by atoms with E-state index in [9.17, 15) is 5.21 Å². The second kappa shape index (κ2) is 6.11. The summed E-state index contributed by atoms with van der Waals surface area (Å²) in [6, 6.07) is 0. The van der Waals surface area contributed by atoms with Gasteiger partial charge in [0.1, 0.15) is 6.26 Å². The summed E-state index contributed by atoms with van der Waals surface area (Å²) < 4.78 is 0. The van der Waals surface area contributed by atoms with Crippen molar-refractivity contribution < 1.29 is 10.1 Å². The number of hydrogen-bond acceptors (Lipinski definition) is 4. The molecule has 0 aromatic rings. The summed E-state index contributed by atoms with van der Waals surface area (Å²) in [5.74, 6) is 0. The Morgan fingerprint density at radius 1 is 1.64 bits per heavy atom. The van der Waals surface area contributed by atoms with Gasteiger partial charge in [0.15, 0.2) is 0 Å². The lowest BCUT2D eigenvalue weighted by Gasteiger charge is -2.29. The van der Waals surface area contributed by atoms with E-state index in [-0.39, 0.29) is 5.28 Å². The average Bonchev–Trinajstić information content (AvgIpc) is 2.03. The molecule has 0 aromatic heterocycles. The molecule has 5 heteroatoms. The van der Waals surface area contributed by atoms with E-state index in [1.165, 1.54) is 6.26 Å². The van der Waals surface area contributed by atoms with E-state index in [1.807, 2.05) is 13.8 Å². The Labute approximate surface area is 66.7 Å². The number of rotatable bonds is 6. The minimum absolute atomic E-state index is 0.241. The Hall–Kier alpha value is -0.620. The molecule has 2 N–H and O–H groups in total. The normalized spacial score (nSPS) is 13.1. The van der Waals surface area contributed by atoms with Crippen LogP contribution in [0.25, 0.3) is 0 Å². The molecule has 0 aliphatic carbocycles. The van der Waals surface area contributed by atoms with E-state index in [0.717, 1.165) is 0 Å². The van der Waals surface area contributed by atoms with Crippen LogP contribution in [0.2, 0.25) is 0 Å². The van der Waals surface area contributed by atoms with Crippen LogP contribution < -0.4 is 10.9 Å². The Morgan fingerprint density at radius 2 is 2.18 bits per heavy atom. The monoisotopic (exact) mass is 161 g/mol. The number of nitrogens with one attached hydrogen (secondary N) is 2. The van der Waals surface area contributed by atoms with Crippen molar-refractivity contribution in [2.45, 2.75) is 13.8 Å². The van der Waals surface area contributed by atoms with Crippen molar-refractivity contribution in [1.82, 2.24) is 10.6 Å². The van der Waals surface area contributed by atoms with Gasteiger partial charge in [0.2, 0.25) is 0 Å². The van der Waals surface area contributed by atoms with Crippen LogP contribution in [0.4, 0.5) is 0 Å².